The first-order valence-corrected chi connectivity index (χ1v) is 8.16. The van der Waals surface area contributed by atoms with Crippen LogP contribution in [-0.4, -0.2) is 39.6 Å². The third-order valence-electron chi connectivity index (χ3n) is 4.67. The molecule has 0 aromatic rings. The van der Waals surface area contributed by atoms with Crippen LogP contribution in [0, 0.1) is 11.3 Å². The molecule has 132 valence electrons. The number of aliphatic hydroxyl groups is 2. The molecule has 6 heteroatoms. The molecule has 0 spiro atoms. The highest BCUT2D eigenvalue weighted by molar-refractivity contribution is 6.10. The second-order valence-corrected chi connectivity index (χ2v) is 7.64. The average molecular weight is 333 g/mol. The standard InChI is InChI=1S/C18H27N3O3/c1-17(2,23)12-6-13(7-12)20-9-11-5-16(21-10-22)14(8-15(11)19)18(3,4)24/h5,8-10,12-13,19-20,23-24H,6-7H2,1-4H3,(H,21,22)/b11-9-,19-15?. The van der Waals surface area contributed by atoms with Gasteiger partial charge in [0, 0.05) is 29.1 Å². The number of nitrogens with one attached hydrogen (secondary N) is 3. The highest BCUT2D eigenvalue weighted by Gasteiger charge is 2.38. The van der Waals surface area contributed by atoms with E-state index in [-0.39, 0.29) is 17.7 Å². The van der Waals surface area contributed by atoms with E-state index in [0.717, 1.165) is 12.8 Å². The van der Waals surface area contributed by atoms with Gasteiger partial charge in [0.2, 0.25) is 6.41 Å². The molecule has 0 atom stereocenters. The van der Waals surface area contributed by atoms with Gasteiger partial charge < -0.3 is 26.3 Å². The van der Waals surface area contributed by atoms with Crippen molar-refractivity contribution >= 4 is 12.1 Å². The van der Waals surface area contributed by atoms with E-state index in [0.29, 0.717) is 23.3 Å². The summed E-state index contributed by atoms with van der Waals surface area (Å²) in [7, 11) is 0. The molecule has 0 unspecified atom stereocenters. The molecule has 2 aliphatic rings. The Bertz CT molecular complexity index is 612. The first kappa shape index (κ1) is 18.4. The van der Waals surface area contributed by atoms with Crippen LogP contribution in [0.3, 0.4) is 0 Å². The van der Waals surface area contributed by atoms with E-state index in [1.165, 1.54) is 0 Å². The van der Waals surface area contributed by atoms with Crippen LogP contribution < -0.4 is 10.6 Å². The molecule has 2 aliphatic carbocycles. The van der Waals surface area contributed by atoms with Crippen LogP contribution in [0.2, 0.25) is 0 Å². The Morgan fingerprint density at radius 2 is 1.83 bits per heavy atom. The van der Waals surface area contributed by atoms with Gasteiger partial charge in [-0.05, 0) is 58.6 Å². The maximum atomic E-state index is 10.8. The van der Waals surface area contributed by atoms with Crippen molar-refractivity contribution < 1.29 is 15.0 Å². The summed E-state index contributed by atoms with van der Waals surface area (Å²) in [4.78, 5) is 10.8. The molecule has 2 rings (SSSR count). The summed E-state index contributed by atoms with van der Waals surface area (Å²) < 4.78 is 0. The molecule has 6 nitrogen and oxygen atoms in total. The van der Waals surface area contributed by atoms with Gasteiger partial charge in [0.1, 0.15) is 0 Å². The van der Waals surface area contributed by atoms with Crippen molar-refractivity contribution in [2.45, 2.75) is 57.8 Å². The van der Waals surface area contributed by atoms with Gasteiger partial charge in [0.05, 0.1) is 16.9 Å². The number of rotatable bonds is 6. The average Bonchev–Trinajstić information content (AvgIpc) is 2.37. The van der Waals surface area contributed by atoms with Gasteiger partial charge in [-0.2, -0.15) is 0 Å². The fourth-order valence-electron chi connectivity index (χ4n) is 2.96. The number of carbonyl (C=O) groups excluding carboxylic acids is 1. The second-order valence-electron chi connectivity index (χ2n) is 7.64. The second kappa shape index (κ2) is 6.53. The summed E-state index contributed by atoms with van der Waals surface area (Å²) in [6.07, 6.45) is 7.34. The van der Waals surface area contributed by atoms with Gasteiger partial charge in [-0.25, -0.2) is 0 Å². The predicted molar refractivity (Wildman–Crippen MR) is 93.4 cm³/mol. The summed E-state index contributed by atoms with van der Waals surface area (Å²) in [5.74, 6) is 0.281. The maximum Gasteiger partial charge on any atom is 0.211 e. The molecule has 1 amide bonds. The highest BCUT2D eigenvalue weighted by atomic mass is 16.3. The Balaban J connectivity index is 2.08. The zero-order chi connectivity index (χ0) is 18.1. The van der Waals surface area contributed by atoms with E-state index in [1.54, 1.807) is 32.2 Å². The topological polar surface area (TPSA) is 105 Å². The van der Waals surface area contributed by atoms with Crippen molar-refractivity contribution in [3.63, 3.8) is 0 Å². The third kappa shape index (κ3) is 4.13. The molecule has 1 fully saturated rings. The lowest BCUT2D eigenvalue weighted by Crippen LogP contribution is -2.48. The van der Waals surface area contributed by atoms with Crippen LogP contribution in [0.5, 0.6) is 0 Å². The lowest BCUT2D eigenvalue weighted by atomic mass is 9.71. The van der Waals surface area contributed by atoms with E-state index >= 15 is 0 Å². The van der Waals surface area contributed by atoms with Crippen molar-refractivity contribution in [1.29, 1.82) is 5.41 Å². The third-order valence-corrected chi connectivity index (χ3v) is 4.67. The molecular weight excluding hydrogens is 306 g/mol. The zero-order valence-corrected chi connectivity index (χ0v) is 14.7. The van der Waals surface area contributed by atoms with E-state index in [2.05, 4.69) is 10.6 Å². The van der Waals surface area contributed by atoms with Gasteiger partial charge in [0.15, 0.2) is 0 Å². The Morgan fingerprint density at radius 1 is 1.21 bits per heavy atom. The Hall–Kier alpha value is -1.92. The van der Waals surface area contributed by atoms with Gasteiger partial charge in [0.25, 0.3) is 0 Å². The summed E-state index contributed by atoms with van der Waals surface area (Å²) in [6.45, 7) is 6.88. The normalized spacial score (nSPS) is 26.4. The minimum absolute atomic E-state index is 0.273. The Labute approximate surface area is 142 Å². The fraction of sp³-hybridized carbons (Fsp3) is 0.556. The lowest BCUT2D eigenvalue weighted by Gasteiger charge is -2.42. The van der Waals surface area contributed by atoms with Gasteiger partial charge >= 0.3 is 0 Å². The van der Waals surface area contributed by atoms with Crippen molar-refractivity contribution in [2.24, 2.45) is 5.92 Å². The fourth-order valence-corrected chi connectivity index (χ4v) is 2.96. The molecule has 0 aliphatic heterocycles. The van der Waals surface area contributed by atoms with Crippen LogP contribution >= 0.6 is 0 Å². The molecule has 0 heterocycles. The van der Waals surface area contributed by atoms with Crippen molar-refractivity contribution in [1.82, 2.24) is 10.6 Å². The maximum absolute atomic E-state index is 10.8. The lowest BCUT2D eigenvalue weighted by molar-refractivity contribution is -0.108. The van der Waals surface area contributed by atoms with Crippen LogP contribution in [0.4, 0.5) is 0 Å². The first-order chi connectivity index (χ1) is 11.0. The Morgan fingerprint density at radius 3 is 2.33 bits per heavy atom. The van der Waals surface area contributed by atoms with Crippen LogP contribution in [0.15, 0.2) is 35.2 Å². The van der Waals surface area contributed by atoms with E-state index in [4.69, 9.17) is 5.41 Å². The van der Waals surface area contributed by atoms with Crippen molar-refractivity contribution in [3.8, 4) is 0 Å². The first-order valence-electron chi connectivity index (χ1n) is 8.16. The SMILES string of the molecule is CC(C)(O)C1=CC(=N)/C(=C\NC2CC(C(C)(C)O)C2)C=C1NC=O. The largest absolute Gasteiger partial charge is 0.390 e. The summed E-state index contributed by atoms with van der Waals surface area (Å²) in [5.41, 5.74) is 0.0929. The van der Waals surface area contributed by atoms with Crippen LogP contribution in [-0.2, 0) is 4.79 Å². The van der Waals surface area contributed by atoms with Gasteiger partial charge in [-0.3, -0.25) is 4.79 Å². The molecule has 1 saturated carbocycles. The number of hydrogen-bond acceptors (Lipinski definition) is 5. The van der Waals surface area contributed by atoms with E-state index in [9.17, 15) is 15.0 Å². The van der Waals surface area contributed by atoms with Crippen LogP contribution in [0.1, 0.15) is 40.5 Å². The number of amides is 1. The molecule has 0 bridgehead atoms. The summed E-state index contributed by atoms with van der Waals surface area (Å²) >= 11 is 0. The van der Waals surface area contributed by atoms with E-state index in [1.807, 2.05) is 13.8 Å². The summed E-state index contributed by atoms with van der Waals surface area (Å²) in [6, 6.07) is 0.275. The minimum Gasteiger partial charge on any atom is -0.390 e. The predicted octanol–water partition coefficient (Wildman–Crippen LogP) is 1.37. The zero-order valence-electron chi connectivity index (χ0n) is 14.7. The molecule has 0 aromatic heterocycles. The molecule has 5 N–H and O–H groups in total. The molecule has 0 saturated heterocycles. The van der Waals surface area contributed by atoms with Gasteiger partial charge in [-0.1, -0.05) is 0 Å². The number of allylic oxidation sites excluding steroid dienone is 3. The van der Waals surface area contributed by atoms with Gasteiger partial charge in [-0.15, -0.1) is 0 Å². The summed E-state index contributed by atoms with van der Waals surface area (Å²) in [5, 5.41) is 34.1. The minimum atomic E-state index is -1.15. The monoisotopic (exact) mass is 333 g/mol. The highest BCUT2D eigenvalue weighted by Crippen LogP contribution is 2.36. The number of carbonyl (C=O) groups is 1. The molecule has 24 heavy (non-hydrogen) atoms. The molecule has 0 aromatic carbocycles. The smallest absolute Gasteiger partial charge is 0.211 e. The van der Waals surface area contributed by atoms with Crippen molar-refractivity contribution in [2.75, 3.05) is 0 Å². The van der Waals surface area contributed by atoms with Crippen LogP contribution in [0.25, 0.3) is 0 Å². The quantitative estimate of drug-likeness (QED) is 0.473. The molecular formula is C18H27N3O3. The van der Waals surface area contributed by atoms with Crippen molar-refractivity contribution in [3.05, 3.63) is 35.2 Å². The number of hydrogen-bond donors (Lipinski definition) is 5. The Kier molecular flexibility index (Phi) is 5.01. The van der Waals surface area contributed by atoms with E-state index < -0.39 is 11.2 Å². The molecule has 0 radical (unpaired) electrons.